The molecular formula is C14H14BrNO4. The number of ketones is 1. The lowest BCUT2D eigenvalue weighted by Crippen LogP contribution is -2.35. The van der Waals surface area contributed by atoms with E-state index in [1.165, 1.54) is 0 Å². The number of ether oxygens (including phenoxy) is 2. The van der Waals surface area contributed by atoms with Crippen LogP contribution in [0.1, 0.15) is 30.1 Å². The van der Waals surface area contributed by atoms with Crippen molar-refractivity contribution >= 4 is 33.3 Å². The first-order valence-electron chi connectivity index (χ1n) is 6.44. The van der Waals surface area contributed by atoms with Gasteiger partial charge in [-0.15, -0.1) is 0 Å². The molecule has 3 rings (SSSR count). The van der Waals surface area contributed by atoms with Crippen LogP contribution < -0.4 is 10.1 Å². The molecular weight excluding hydrogens is 326 g/mol. The molecule has 1 aromatic carbocycles. The van der Waals surface area contributed by atoms with Crippen molar-refractivity contribution in [3.8, 4) is 5.75 Å². The first-order chi connectivity index (χ1) is 9.49. The molecule has 106 valence electrons. The highest BCUT2D eigenvalue weighted by atomic mass is 79.9. The maximum atomic E-state index is 12.6. The summed E-state index contributed by atoms with van der Waals surface area (Å²) < 4.78 is 11.6. The Labute approximate surface area is 124 Å². The molecule has 2 aliphatic rings. The number of Topliss-reactive ketones (excluding diaryl/α,β-unsaturated/α-hetero) is 1. The number of anilines is 1. The molecule has 6 heteroatoms. The van der Waals surface area contributed by atoms with Gasteiger partial charge in [0, 0.05) is 16.6 Å². The van der Waals surface area contributed by atoms with Crippen molar-refractivity contribution in [1.29, 1.82) is 0 Å². The van der Waals surface area contributed by atoms with Crippen LogP contribution in [0.25, 0.3) is 0 Å². The molecule has 0 aliphatic carbocycles. The third-order valence-electron chi connectivity index (χ3n) is 3.65. The fourth-order valence-corrected chi connectivity index (χ4v) is 3.04. The van der Waals surface area contributed by atoms with Crippen LogP contribution in [0.5, 0.6) is 5.75 Å². The lowest BCUT2D eigenvalue weighted by atomic mass is 9.91. The molecule has 1 amide bonds. The Kier molecular flexibility index (Phi) is 3.30. The van der Waals surface area contributed by atoms with Gasteiger partial charge >= 0.3 is 0 Å². The van der Waals surface area contributed by atoms with E-state index >= 15 is 0 Å². The van der Waals surface area contributed by atoms with Crippen LogP contribution in [0.2, 0.25) is 0 Å². The van der Waals surface area contributed by atoms with Gasteiger partial charge in [-0.1, -0.05) is 0 Å². The molecule has 0 aromatic heterocycles. The van der Waals surface area contributed by atoms with Crippen molar-refractivity contribution in [1.82, 2.24) is 0 Å². The molecule has 1 saturated heterocycles. The maximum Gasteiger partial charge on any atom is 0.262 e. The van der Waals surface area contributed by atoms with Gasteiger partial charge < -0.3 is 14.8 Å². The first-order valence-corrected chi connectivity index (χ1v) is 7.24. The largest absolute Gasteiger partial charge is 0.482 e. The Morgan fingerprint density at radius 1 is 1.45 bits per heavy atom. The molecule has 1 N–H and O–H groups in total. The number of amides is 1. The summed E-state index contributed by atoms with van der Waals surface area (Å²) >= 11 is 3.38. The zero-order valence-electron chi connectivity index (χ0n) is 11.0. The van der Waals surface area contributed by atoms with Gasteiger partial charge in [-0.3, -0.25) is 9.59 Å². The number of nitrogens with one attached hydrogen (secondary N) is 1. The Hall–Kier alpha value is -1.40. The number of hydrogen-bond donors (Lipinski definition) is 1. The summed E-state index contributed by atoms with van der Waals surface area (Å²) in [7, 11) is 0. The molecule has 0 bridgehead atoms. The lowest BCUT2D eigenvalue weighted by Gasteiger charge is -2.24. The highest BCUT2D eigenvalue weighted by molar-refractivity contribution is 9.10. The second kappa shape index (κ2) is 4.86. The number of fused-ring (bicyclic) bond motifs is 1. The molecule has 1 fully saturated rings. The van der Waals surface area contributed by atoms with E-state index in [-0.39, 0.29) is 18.3 Å². The van der Waals surface area contributed by atoms with E-state index < -0.39 is 5.60 Å². The quantitative estimate of drug-likeness (QED) is 0.841. The average molecular weight is 340 g/mol. The van der Waals surface area contributed by atoms with Gasteiger partial charge in [0.2, 0.25) is 0 Å². The van der Waals surface area contributed by atoms with Gasteiger partial charge in [-0.2, -0.15) is 0 Å². The topological polar surface area (TPSA) is 64.6 Å². The van der Waals surface area contributed by atoms with Crippen LogP contribution in [0, 0.1) is 0 Å². The van der Waals surface area contributed by atoms with Gasteiger partial charge in [0.25, 0.3) is 5.91 Å². The van der Waals surface area contributed by atoms with E-state index in [1.54, 1.807) is 12.1 Å². The Balaban J connectivity index is 1.98. The van der Waals surface area contributed by atoms with E-state index in [9.17, 15) is 9.59 Å². The van der Waals surface area contributed by atoms with Crippen LogP contribution in [-0.4, -0.2) is 30.5 Å². The van der Waals surface area contributed by atoms with Gasteiger partial charge in [0.1, 0.15) is 11.4 Å². The fourth-order valence-electron chi connectivity index (χ4n) is 2.52. The van der Waals surface area contributed by atoms with Gasteiger partial charge in [0.15, 0.2) is 12.4 Å². The smallest absolute Gasteiger partial charge is 0.262 e. The van der Waals surface area contributed by atoms with Gasteiger partial charge in [-0.25, -0.2) is 0 Å². The van der Waals surface area contributed by atoms with Crippen LogP contribution in [0.4, 0.5) is 5.69 Å². The van der Waals surface area contributed by atoms with Gasteiger partial charge in [-0.05, 0) is 47.8 Å². The molecule has 1 atom stereocenters. The van der Waals surface area contributed by atoms with Crippen molar-refractivity contribution in [2.75, 3.05) is 18.5 Å². The molecule has 1 aromatic rings. The number of carbonyl (C=O) groups excluding carboxylic acids is 2. The van der Waals surface area contributed by atoms with E-state index in [0.717, 1.165) is 6.42 Å². The SMILES string of the molecule is CC1(C(=O)c2cc3c(cc2Br)NC(=O)CO3)CCCO1. The minimum absolute atomic E-state index is 0.0317. The minimum atomic E-state index is -0.769. The number of benzene rings is 1. The van der Waals surface area contributed by atoms with E-state index in [2.05, 4.69) is 21.2 Å². The number of halogens is 1. The van der Waals surface area contributed by atoms with Crippen LogP contribution in [-0.2, 0) is 9.53 Å². The standard InChI is InChI=1S/C14H14BrNO4/c1-14(3-2-4-20-14)13(18)8-5-11-10(6-9(8)15)16-12(17)7-19-11/h5-6H,2-4,7H2,1H3,(H,16,17). The zero-order chi connectivity index (χ0) is 14.3. The predicted octanol–water partition coefficient (Wildman–Crippen LogP) is 2.53. The summed E-state index contributed by atoms with van der Waals surface area (Å²) in [4.78, 5) is 23.9. The van der Waals surface area contributed by atoms with Crippen molar-refractivity contribution in [2.45, 2.75) is 25.4 Å². The van der Waals surface area contributed by atoms with Crippen LogP contribution in [0.3, 0.4) is 0 Å². The Bertz CT molecular complexity index is 593. The summed E-state index contributed by atoms with van der Waals surface area (Å²) in [5.41, 5.74) is 0.320. The van der Waals surface area contributed by atoms with Crippen LogP contribution >= 0.6 is 15.9 Å². The summed E-state index contributed by atoms with van der Waals surface area (Å²) in [5, 5.41) is 2.71. The molecule has 2 heterocycles. The van der Waals surface area contributed by atoms with E-state index in [4.69, 9.17) is 9.47 Å². The number of carbonyl (C=O) groups is 2. The minimum Gasteiger partial charge on any atom is -0.482 e. The number of hydrogen-bond acceptors (Lipinski definition) is 4. The molecule has 0 saturated carbocycles. The average Bonchev–Trinajstić information content (AvgIpc) is 2.85. The Morgan fingerprint density at radius 3 is 2.95 bits per heavy atom. The van der Waals surface area contributed by atoms with E-state index in [0.29, 0.717) is 34.5 Å². The van der Waals surface area contributed by atoms with Crippen LogP contribution in [0.15, 0.2) is 16.6 Å². The summed E-state index contributed by atoms with van der Waals surface area (Å²) in [6.07, 6.45) is 1.60. The maximum absolute atomic E-state index is 12.6. The second-order valence-electron chi connectivity index (χ2n) is 5.18. The van der Waals surface area contributed by atoms with Crippen molar-refractivity contribution < 1.29 is 19.1 Å². The second-order valence-corrected chi connectivity index (χ2v) is 6.03. The molecule has 1 unspecified atom stereocenters. The highest BCUT2D eigenvalue weighted by Crippen LogP contribution is 2.37. The molecule has 20 heavy (non-hydrogen) atoms. The normalized spacial score (nSPS) is 24.8. The number of rotatable bonds is 2. The predicted molar refractivity (Wildman–Crippen MR) is 76.2 cm³/mol. The fraction of sp³-hybridized carbons (Fsp3) is 0.429. The van der Waals surface area contributed by atoms with Crippen molar-refractivity contribution in [3.05, 3.63) is 22.2 Å². The molecule has 0 radical (unpaired) electrons. The molecule has 0 spiro atoms. The van der Waals surface area contributed by atoms with Crippen molar-refractivity contribution in [2.24, 2.45) is 0 Å². The lowest BCUT2D eigenvalue weighted by molar-refractivity contribution is -0.118. The zero-order valence-corrected chi connectivity index (χ0v) is 12.6. The van der Waals surface area contributed by atoms with Crippen molar-refractivity contribution in [3.63, 3.8) is 0 Å². The third-order valence-corrected chi connectivity index (χ3v) is 4.30. The summed E-state index contributed by atoms with van der Waals surface area (Å²) in [6.45, 7) is 2.39. The summed E-state index contributed by atoms with van der Waals surface area (Å²) in [5.74, 6) is 0.248. The summed E-state index contributed by atoms with van der Waals surface area (Å²) in [6, 6.07) is 3.35. The Morgan fingerprint density at radius 2 is 2.25 bits per heavy atom. The van der Waals surface area contributed by atoms with Gasteiger partial charge in [0.05, 0.1) is 5.69 Å². The monoisotopic (exact) mass is 339 g/mol. The third kappa shape index (κ3) is 2.23. The molecule has 2 aliphatic heterocycles. The molecule has 5 nitrogen and oxygen atoms in total. The van der Waals surface area contributed by atoms with E-state index in [1.807, 2.05) is 6.92 Å². The highest BCUT2D eigenvalue weighted by Gasteiger charge is 2.39. The first kappa shape index (κ1) is 13.6.